The predicted octanol–water partition coefficient (Wildman–Crippen LogP) is 1.55. The van der Waals surface area contributed by atoms with Gasteiger partial charge in [-0.25, -0.2) is 0 Å². The average molecular weight is 172 g/mol. The third-order valence-electron chi connectivity index (χ3n) is 3.14. The van der Waals surface area contributed by atoms with Gasteiger partial charge in [-0.1, -0.05) is 19.8 Å². The van der Waals surface area contributed by atoms with Crippen LogP contribution in [-0.2, 0) is 0 Å². The SMILES string of the molecule is CCC1CCCC(O)C1C(C)O. The Morgan fingerprint density at radius 2 is 2.08 bits per heavy atom. The van der Waals surface area contributed by atoms with E-state index < -0.39 is 0 Å². The van der Waals surface area contributed by atoms with E-state index in [2.05, 4.69) is 6.92 Å². The lowest BCUT2D eigenvalue weighted by atomic mass is 9.73. The van der Waals surface area contributed by atoms with Crippen molar-refractivity contribution in [1.82, 2.24) is 0 Å². The first kappa shape index (κ1) is 10.0. The van der Waals surface area contributed by atoms with Crippen LogP contribution in [0, 0.1) is 11.8 Å². The van der Waals surface area contributed by atoms with Crippen LogP contribution in [-0.4, -0.2) is 22.4 Å². The third-order valence-corrected chi connectivity index (χ3v) is 3.14. The van der Waals surface area contributed by atoms with Gasteiger partial charge in [0.15, 0.2) is 0 Å². The normalized spacial score (nSPS) is 39.5. The van der Waals surface area contributed by atoms with E-state index in [1.807, 2.05) is 0 Å². The van der Waals surface area contributed by atoms with E-state index in [0.717, 1.165) is 19.3 Å². The Morgan fingerprint density at radius 3 is 2.50 bits per heavy atom. The van der Waals surface area contributed by atoms with Crippen molar-refractivity contribution in [3.05, 3.63) is 0 Å². The minimum atomic E-state index is -0.356. The Hall–Kier alpha value is -0.0800. The maximum absolute atomic E-state index is 9.68. The van der Waals surface area contributed by atoms with Gasteiger partial charge < -0.3 is 10.2 Å². The van der Waals surface area contributed by atoms with Crippen LogP contribution in [0.15, 0.2) is 0 Å². The molecule has 0 aromatic carbocycles. The molecule has 1 rings (SSSR count). The molecular weight excluding hydrogens is 152 g/mol. The zero-order valence-electron chi connectivity index (χ0n) is 8.03. The second-order valence-electron chi connectivity index (χ2n) is 3.98. The summed E-state index contributed by atoms with van der Waals surface area (Å²) in [6.45, 7) is 3.93. The molecule has 2 heteroatoms. The summed E-state index contributed by atoms with van der Waals surface area (Å²) in [5, 5.41) is 19.2. The van der Waals surface area contributed by atoms with Gasteiger partial charge in [-0.2, -0.15) is 0 Å². The summed E-state index contributed by atoms with van der Waals surface area (Å²) in [5.74, 6) is 0.637. The van der Waals surface area contributed by atoms with E-state index >= 15 is 0 Å². The van der Waals surface area contributed by atoms with Crippen LogP contribution in [0.4, 0.5) is 0 Å². The Kier molecular flexibility index (Phi) is 3.53. The number of hydrogen-bond acceptors (Lipinski definition) is 2. The summed E-state index contributed by atoms with van der Waals surface area (Å²) in [6.07, 6.45) is 3.60. The summed E-state index contributed by atoms with van der Waals surface area (Å²) in [6, 6.07) is 0. The Balaban J connectivity index is 2.59. The van der Waals surface area contributed by atoms with E-state index in [-0.39, 0.29) is 18.1 Å². The van der Waals surface area contributed by atoms with Gasteiger partial charge in [-0.15, -0.1) is 0 Å². The quantitative estimate of drug-likeness (QED) is 0.663. The molecule has 0 spiro atoms. The lowest BCUT2D eigenvalue weighted by Crippen LogP contribution is -2.39. The summed E-state index contributed by atoms with van der Waals surface area (Å²) >= 11 is 0. The first-order chi connectivity index (χ1) is 5.66. The molecule has 1 aliphatic carbocycles. The maximum Gasteiger partial charge on any atom is 0.0595 e. The third kappa shape index (κ3) is 1.99. The molecule has 2 nitrogen and oxygen atoms in total. The highest BCUT2D eigenvalue weighted by Crippen LogP contribution is 2.34. The molecule has 0 aliphatic heterocycles. The molecule has 0 aromatic heterocycles. The van der Waals surface area contributed by atoms with E-state index in [4.69, 9.17) is 0 Å². The first-order valence-corrected chi connectivity index (χ1v) is 5.03. The number of hydrogen-bond donors (Lipinski definition) is 2. The van der Waals surface area contributed by atoms with Crippen LogP contribution in [0.25, 0.3) is 0 Å². The molecule has 0 aromatic rings. The first-order valence-electron chi connectivity index (χ1n) is 5.03. The molecule has 72 valence electrons. The zero-order chi connectivity index (χ0) is 9.14. The molecule has 1 fully saturated rings. The average Bonchev–Trinajstić information content (AvgIpc) is 2.03. The van der Waals surface area contributed by atoms with Crippen molar-refractivity contribution in [1.29, 1.82) is 0 Å². The lowest BCUT2D eigenvalue weighted by Gasteiger charge is -2.36. The van der Waals surface area contributed by atoms with Crippen molar-refractivity contribution in [2.45, 2.75) is 51.7 Å². The van der Waals surface area contributed by atoms with E-state index in [9.17, 15) is 10.2 Å². The molecule has 4 atom stereocenters. The molecule has 1 aliphatic rings. The Labute approximate surface area is 74.6 Å². The highest BCUT2D eigenvalue weighted by molar-refractivity contribution is 4.84. The molecule has 0 radical (unpaired) electrons. The topological polar surface area (TPSA) is 40.5 Å². The van der Waals surface area contributed by atoms with Crippen LogP contribution in [0.2, 0.25) is 0 Å². The Bertz CT molecular complexity index is 134. The second-order valence-corrected chi connectivity index (χ2v) is 3.98. The molecule has 0 amide bonds. The molecule has 2 N–H and O–H groups in total. The van der Waals surface area contributed by atoms with Gasteiger partial charge in [0.05, 0.1) is 12.2 Å². The minimum absolute atomic E-state index is 0.115. The molecule has 4 unspecified atom stereocenters. The highest BCUT2D eigenvalue weighted by atomic mass is 16.3. The summed E-state index contributed by atoms with van der Waals surface area (Å²) in [5.41, 5.74) is 0. The van der Waals surface area contributed by atoms with Crippen molar-refractivity contribution >= 4 is 0 Å². The van der Waals surface area contributed by atoms with Crippen molar-refractivity contribution < 1.29 is 10.2 Å². The van der Waals surface area contributed by atoms with Crippen molar-refractivity contribution in [3.63, 3.8) is 0 Å². The van der Waals surface area contributed by atoms with Gasteiger partial charge in [0.1, 0.15) is 0 Å². The molecular formula is C10H20O2. The largest absolute Gasteiger partial charge is 0.393 e. The predicted molar refractivity (Wildman–Crippen MR) is 48.8 cm³/mol. The minimum Gasteiger partial charge on any atom is -0.393 e. The standard InChI is InChI=1S/C10H20O2/c1-3-8-5-4-6-9(12)10(8)7(2)11/h7-12H,3-6H2,1-2H3. The van der Waals surface area contributed by atoms with E-state index in [1.54, 1.807) is 6.92 Å². The zero-order valence-corrected chi connectivity index (χ0v) is 8.03. The van der Waals surface area contributed by atoms with Crippen LogP contribution in [0.3, 0.4) is 0 Å². The molecule has 0 heterocycles. The highest BCUT2D eigenvalue weighted by Gasteiger charge is 2.33. The van der Waals surface area contributed by atoms with Crippen LogP contribution in [0.1, 0.15) is 39.5 Å². The molecule has 0 bridgehead atoms. The van der Waals surface area contributed by atoms with Crippen molar-refractivity contribution in [3.8, 4) is 0 Å². The molecule has 12 heavy (non-hydrogen) atoms. The smallest absolute Gasteiger partial charge is 0.0595 e. The van der Waals surface area contributed by atoms with Crippen molar-refractivity contribution in [2.24, 2.45) is 11.8 Å². The van der Waals surface area contributed by atoms with Gasteiger partial charge in [-0.3, -0.25) is 0 Å². The summed E-state index contributed by atoms with van der Waals surface area (Å²) < 4.78 is 0. The Morgan fingerprint density at radius 1 is 1.42 bits per heavy atom. The van der Waals surface area contributed by atoms with Crippen LogP contribution < -0.4 is 0 Å². The fourth-order valence-corrected chi connectivity index (χ4v) is 2.48. The van der Waals surface area contributed by atoms with Gasteiger partial charge >= 0.3 is 0 Å². The van der Waals surface area contributed by atoms with Crippen LogP contribution >= 0.6 is 0 Å². The summed E-state index contributed by atoms with van der Waals surface area (Å²) in [7, 11) is 0. The number of aliphatic hydroxyl groups excluding tert-OH is 2. The monoisotopic (exact) mass is 172 g/mol. The van der Waals surface area contributed by atoms with Crippen molar-refractivity contribution in [2.75, 3.05) is 0 Å². The number of aliphatic hydroxyl groups is 2. The van der Waals surface area contributed by atoms with E-state index in [1.165, 1.54) is 6.42 Å². The molecule has 0 saturated heterocycles. The second kappa shape index (κ2) is 4.24. The lowest BCUT2D eigenvalue weighted by molar-refractivity contribution is -0.0376. The van der Waals surface area contributed by atoms with E-state index in [0.29, 0.717) is 5.92 Å². The van der Waals surface area contributed by atoms with Gasteiger partial charge in [0, 0.05) is 5.92 Å². The number of rotatable bonds is 2. The van der Waals surface area contributed by atoms with Gasteiger partial charge in [-0.05, 0) is 25.7 Å². The maximum atomic E-state index is 9.68. The fraction of sp³-hybridized carbons (Fsp3) is 1.00. The van der Waals surface area contributed by atoms with Gasteiger partial charge in [0.25, 0.3) is 0 Å². The summed E-state index contributed by atoms with van der Waals surface area (Å²) in [4.78, 5) is 0. The van der Waals surface area contributed by atoms with Gasteiger partial charge in [0.2, 0.25) is 0 Å². The van der Waals surface area contributed by atoms with Crippen LogP contribution in [0.5, 0.6) is 0 Å². The molecule has 1 saturated carbocycles. The fourth-order valence-electron chi connectivity index (χ4n) is 2.48.